The number of carbonyl (C=O) groups is 9. The van der Waals surface area contributed by atoms with E-state index in [4.69, 9.17) is 24.7 Å². The van der Waals surface area contributed by atoms with Crippen molar-refractivity contribution in [2.24, 2.45) is 10.7 Å². The van der Waals surface area contributed by atoms with Crippen LogP contribution in [0.3, 0.4) is 0 Å². The first-order valence-electron chi connectivity index (χ1n) is 31.3. The third-order valence-corrected chi connectivity index (χ3v) is 16.9. The Morgan fingerprint density at radius 2 is 1.18 bits per heavy atom. The summed E-state index contributed by atoms with van der Waals surface area (Å²) < 4.78 is 52.5. The van der Waals surface area contributed by atoms with Crippen LogP contribution in [-0.4, -0.2) is 153 Å². The number of hydrogen-bond donors (Lipinski definition) is 9. The number of amides is 8. The van der Waals surface area contributed by atoms with Crippen molar-refractivity contribution in [3.05, 3.63) is 58.1 Å². The van der Waals surface area contributed by atoms with Gasteiger partial charge in [0.15, 0.2) is 0 Å². The number of guanidine groups is 1. The number of fused-ring (bicyclic) bond motifs is 2. The molecule has 90 heavy (non-hydrogen) atoms. The number of esters is 1. The summed E-state index contributed by atoms with van der Waals surface area (Å²) in [4.78, 5) is 129. The van der Waals surface area contributed by atoms with E-state index in [1.165, 1.54) is 4.90 Å². The van der Waals surface area contributed by atoms with Crippen LogP contribution in [0.5, 0.6) is 5.75 Å². The first-order chi connectivity index (χ1) is 42.2. The van der Waals surface area contributed by atoms with Gasteiger partial charge in [0.1, 0.15) is 59.4 Å². The molecule has 2 aromatic carbocycles. The molecule has 5 atom stereocenters. The van der Waals surface area contributed by atoms with Gasteiger partial charge >= 0.3 is 18.2 Å². The highest BCUT2D eigenvalue weighted by Gasteiger charge is 2.41. The summed E-state index contributed by atoms with van der Waals surface area (Å²) in [5.41, 5.74) is 7.72. The third kappa shape index (κ3) is 23.6. The first-order valence-corrected chi connectivity index (χ1v) is 32.8. The van der Waals surface area contributed by atoms with Gasteiger partial charge in [0.2, 0.25) is 41.4 Å². The van der Waals surface area contributed by atoms with Gasteiger partial charge in [-0.1, -0.05) is 30.3 Å². The Balaban J connectivity index is 1.37. The Labute approximate surface area is 529 Å². The Morgan fingerprint density at radius 3 is 1.71 bits per heavy atom. The Morgan fingerprint density at radius 1 is 0.678 bits per heavy atom. The molecule has 5 rings (SSSR count). The molecule has 27 heteroatoms. The predicted octanol–water partition coefficient (Wildman–Crippen LogP) is 4.84. The largest absolute Gasteiger partial charge is 0.487 e. The lowest BCUT2D eigenvalue weighted by Gasteiger charge is -2.30. The second-order valence-corrected chi connectivity index (χ2v) is 27.5. The Hall–Kier alpha value is -7.71. The van der Waals surface area contributed by atoms with E-state index in [0.717, 1.165) is 16.7 Å². The minimum Gasteiger partial charge on any atom is -0.487 e. The number of carbonyl (C=O) groups excluding carboxylic acids is 9. The van der Waals surface area contributed by atoms with Crippen molar-refractivity contribution in [3.63, 3.8) is 0 Å². The van der Waals surface area contributed by atoms with Crippen molar-refractivity contribution < 1.29 is 70.5 Å². The van der Waals surface area contributed by atoms with Crippen molar-refractivity contribution in [1.29, 1.82) is 0 Å². The van der Waals surface area contributed by atoms with Crippen LogP contribution in [0.25, 0.3) is 0 Å². The Bertz CT molecular complexity index is 3020. The molecule has 2 fully saturated rings. The van der Waals surface area contributed by atoms with Crippen LogP contribution in [0.1, 0.15) is 180 Å². The molecule has 2 saturated heterocycles. The summed E-state index contributed by atoms with van der Waals surface area (Å²) >= 11 is 0. The second-order valence-electron chi connectivity index (χ2n) is 25.8. The summed E-state index contributed by atoms with van der Waals surface area (Å²) in [5.74, 6) is -4.34. The maximum Gasteiger partial charge on any atom is 0.407 e. The molecule has 3 aliphatic rings. The van der Waals surface area contributed by atoms with Crippen LogP contribution < -0.4 is 52.4 Å². The van der Waals surface area contributed by atoms with Crippen LogP contribution in [0.15, 0.2) is 40.2 Å². The number of nitrogens with zero attached hydrogens (tertiary/aromatic N) is 2. The number of hydrogen-bond acceptors (Lipinski definition) is 16. The fourth-order valence-electron chi connectivity index (χ4n) is 10.8. The molecule has 0 saturated carbocycles. The lowest BCUT2D eigenvalue weighted by Crippen LogP contribution is -2.57. The number of sulfonamides is 1. The maximum atomic E-state index is 14.9. The smallest absolute Gasteiger partial charge is 0.407 e. The molecule has 0 aliphatic carbocycles. The van der Waals surface area contributed by atoms with Crippen LogP contribution in [0, 0.1) is 20.8 Å². The number of rotatable bonds is 26. The molecule has 0 aromatic heterocycles. The van der Waals surface area contributed by atoms with Crippen molar-refractivity contribution in [3.8, 4) is 5.75 Å². The minimum absolute atomic E-state index is 0.00634. The molecular weight excluding hydrogens is 1180 g/mol. The van der Waals surface area contributed by atoms with Crippen molar-refractivity contribution in [2.45, 2.75) is 237 Å². The fraction of sp³-hybridized carbons (Fsp3) is 0.651. The van der Waals surface area contributed by atoms with E-state index in [0.29, 0.717) is 55.4 Å². The zero-order chi connectivity index (χ0) is 66.6. The van der Waals surface area contributed by atoms with E-state index in [1.54, 1.807) is 55.4 Å². The number of alkyl carbamates (subject to hydrolysis) is 2. The van der Waals surface area contributed by atoms with Crippen molar-refractivity contribution in [1.82, 2.24) is 46.8 Å². The molecule has 26 nitrogen and oxygen atoms in total. The quantitative estimate of drug-likeness (QED) is 0.0200. The number of benzene rings is 2. The van der Waals surface area contributed by atoms with Gasteiger partial charge in [-0.05, 0) is 176 Å². The predicted molar refractivity (Wildman–Crippen MR) is 336 cm³/mol. The standard InChI is InChI=1S/C63H97N11O15S/c1-39-40(2)52(41(3)51-43(39)37-63(10,11)87-51)90(84,85)73-58(64)66-35-21-28-47-57(81)74-36-22-29-48(74)56(80)71-46(27-15-18-32-65-49(75)30-31-50(76)86-38-42-23-13-12-14-24-42)54(78)69-44(25-16-19-33-67-59(82)88-61(4,5)6)53(77)70-45(55(79)72-47)26-17-20-34-68-60(83)89-62(7,8)9/h12-14,23-24,44-48H,15-22,25-38H2,1-11H3,(H,65,75)(H,67,82)(H,68,83)(H,69,78)(H,70,77)(H,71,80)(H,72,79)(H3,64,66,73)/t44-,45-,46-,47-,48+/m0/s1. The normalized spacial score (nSPS) is 19.9. The van der Waals surface area contributed by atoms with Crippen molar-refractivity contribution in [2.75, 3.05) is 32.7 Å². The van der Waals surface area contributed by atoms with Gasteiger partial charge in [0, 0.05) is 56.7 Å². The monoisotopic (exact) mass is 1280 g/mol. The van der Waals surface area contributed by atoms with Crippen LogP contribution in [0.2, 0.25) is 0 Å². The number of nitrogens with one attached hydrogen (secondary N) is 8. The van der Waals surface area contributed by atoms with Crippen LogP contribution >= 0.6 is 0 Å². The zero-order valence-electron chi connectivity index (χ0n) is 54.3. The molecule has 3 aliphatic heterocycles. The lowest BCUT2D eigenvalue weighted by molar-refractivity contribution is -0.146. The molecule has 0 bridgehead atoms. The van der Waals surface area contributed by atoms with E-state index in [-0.39, 0.29) is 114 Å². The van der Waals surface area contributed by atoms with E-state index in [9.17, 15) is 51.6 Å². The highest BCUT2D eigenvalue weighted by molar-refractivity contribution is 7.90. The highest BCUT2D eigenvalue weighted by Crippen LogP contribution is 2.44. The highest BCUT2D eigenvalue weighted by atomic mass is 32.2. The number of nitrogens with two attached hydrogens (primary N) is 1. The van der Waals surface area contributed by atoms with Gasteiger partial charge in [0.05, 0.1) is 11.3 Å². The molecule has 0 radical (unpaired) electrons. The summed E-state index contributed by atoms with van der Waals surface area (Å²) in [5, 5.41) is 19.5. The van der Waals surface area contributed by atoms with Gasteiger partial charge in [-0.3, -0.25) is 38.6 Å². The molecule has 10 N–H and O–H groups in total. The topological polar surface area (TPSA) is 363 Å². The van der Waals surface area contributed by atoms with E-state index < -0.39 is 111 Å². The molecule has 3 heterocycles. The van der Waals surface area contributed by atoms with Crippen LogP contribution in [0.4, 0.5) is 9.59 Å². The molecule has 2 aromatic rings. The molecular formula is C63H97N11O15S. The maximum absolute atomic E-state index is 14.9. The number of ether oxygens (including phenoxy) is 4. The molecule has 500 valence electrons. The van der Waals surface area contributed by atoms with E-state index in [2.05, 4.69) is 46.9 Å². The Kier molecular flexibility index (Phi) is 27.1. The van der Waals surface area contributed by atoms with Gasteiger partial charge < -0.3 is 66.8 Å². The molecule has 0 spiro atoms. The third-order valence-electron chi connectivity index (χ3n) is 15.3. The van der Waals surface area contributed by atoms with Gasteiger partial charge in [0.25, 0.3) is 10.0 Å². The zero-order valence-corrected chi connectivity index (χ0v) is 55.2. The summed E-state index contributed by atoms with van der Waals surface area (Å²) in [7, 11) is -4.28. The van der Waals surface area contributed by atoms with Crippen LogP contribution in [-0.2, 0) is 70.8 Å². The SMILES string of the molecule is Cc1c(C)c(S(=O)(=O)NC(N)=NCCC[C@@H]2NC(=O)[C@H](CCCCNC(=O)OC(C)(C)C)NC(=O)[C@H](CCCCNC(=O)OC(C)(C)C)NC(=O)[C@H](CCCCNC(=O)CCC(=O)OCc3ccccc3)NC(=O)[C@H]3CCCN3C2=O)c(C)c2c1CC(C)(C)O2. The van der Waals surface area contributed by atoms with Crippen molar-refractivity contribution >= 4 is 69.6 Å². The molecule has 8 amide bonds. The minimum atomic E-state index is -4.28. The summed E-state index contributed by atoms with van der Waals surface area (Å²) in [6.45, 7) is 20.0. The number of aliphatic imine (C=N–C) groups is 1. The number of unbranched alkanes of at least 4 members (excludes halogenated alkanes) is 3. The fourth-order valence-corrected chi connectivity index (χ4v) is 12.3. The van der Waals surface area contributed by atoms with E-state index >= 15 is 0 Å². The molecule has 0 unspecified atom stereocenters. The van der Waals surface area contributed by atoms with Gasteiger partial charge in [-0.25, -0.2) is 22.7 Å². The average Bonchev–Trinajstić information content (AvgIpc) is 1.51. The van der Waals surface area contributed by atoms with Gasteiger partial charge in [-0.2, -0.15) is 0 Å². The lowest BCUT2D eigenvalue weighted by atomic mass is 9.93. The summed E-state index contributed by atoms with van der Waals surface area (Å²) in [6.07, 6.45) is 1.63. The van der Waals surface area contributed by atoms with E-state index in [1.807, 2.05) is 51.1 Å². The van der Waals surface area contributed by atoms with Gasteiger partial charge in [-0.15, -0.1) is 0 Å². The average molecular weight is 1280 g/mol. The second kappa shape index (κ2) is 33.4. The first kappa shape index (κ1) is 73.0. The summed E-state index contributed by atoms with van der Waals surface area (Å²) in [6, 6.07) is 2.91.